The van der Waals surface area contributed by atoms with Crippen LogP contribution >= 0.6 is 23.2 Å². The van der Waals surface area contributed by atoms with Gasteiger partial charge in [0.2, 0.25) is 0 Å². The summed E-state index contributed by atoms with van der Waals surface area (Å²) in [6, 6.07) is 3.08. The van der Waals surface area contributed by atoms with Gasteiger partial charge in [-0.05, 0) is 6.07 Å². The molecule has 5 heteroatoms. The zero-order valence-electron chi connectivity index (χ0n) is 8.51. The van der Waals surface area contributed by atoms with E-state index in [2.05, 4.69) is 5.32 Å². The molecular weight excluding hydrogens is 249 g/mol. The number of carbonyl (C=O) groups is 1. The number of ether oxygens (including phenoxy) is 1. The summed E-state index contributed by atoms with van der Waals surface area (Å²) >= 11 is 11.7. The molecule has 0 aliphatic carbocycles. The summed E-state index contributed by atoms with van der Waals surface area (Å²) in [7, 11) is 1.73. The second kappa shape index (κ2) is 4.36. The number of benzene rings is 1. The number of rotatable bonds is 1. The number of nitrogens with one attached hydrogen (secondary N) is 1. The van der Waals surface area contributed by atoms with Crippen molar-refractivity contribution in [2.75, 3.05) is 13.7 Å². The van der Waals surface area contributed by atoms with Crippen molar-refractivity contribution in [3.63, 3.8) is 0 Å². The molecule has 1 aliphatic rings. The summed E-state index contributed by atoms with van der Waals surface area (Å²) in [6.45, 7) is 0.313. The van der Waals surface area contributed by atoms with Crippen molar-refractivity contribution in [2.24, 2.45) is 0 Å². The maximum atomic E-state index is 11.8. The average molecular weight is 258 g/mol. The first-order valence-electron chi connectivity index (χ1n) is 4.66. The Balaban J connectivity index is 2.50. The SMILES string of the molecule is CNC1=CC(=O)c2cc(Cl)c(Cl)cc2OC1. The van der Waals surface area contributed by atoms with Crippen LogP contribution in [0.25, 0.3) is 0 Å². The predicted molar refractivity (Wildman–Crippen MR) is 63.4 cm³/mol. The van der Waals surface area contributed by atoms with Crippen molar-refractivity contribution in [3.8, 4) is 5.75 Å². The molecule has 84 valence electrons. The van der Waals surface area contributed by atoms with Crippen LogP contribution in [-0.2, 0) is 0 Å². The molecule has 1 aliphatic heterocycles. The molecule has 0 fully saturated rings. The summed E-state index contributed by atoms with van der Waals surface area (Å²) < 4.78 is 5.46. The first-order chi connectivity index (χ1) is 7.61. The van der Waals surface area contributed by atoms with Crippen LogP contribution in [0.5, 0.6) is 5.75 Å². The van der Waals surface area contributed by atoms with Gasteiger partial charge in [-0.2, -0.15) is 0 Å². The number of carbonyl (C=O) groups excluding carboxylic acids is 1. The number of likely N-dealkylation sites (N-methyl/N-ethyl adjacent to an activating group) is 1. The molecule has 1 N–H and O–H groups in total. The molecule has 0 bridgehead atoms. The Labute approximate surface area is 103 Å². The second-order valence-electron chi connectivity index (χ2n) is 3.33. The highest BCUT2D eigenvalue weighted by molar-refractivity contribution is 6.42. The number of allylic oxidation sites excluding steroid dienone is 1. The molecule has 0 atom stereocenters. The van der Waals surface area contributed by atoms with Crippen LogP contribution < -0.4 is 10.1 Å². The summed E-state index contributed by atoms with van der Waals surface area (Å²) in [6.07, 6.45) is 1.50. The molecule has 0 spiro atoms. The summed E-state index contributed by atoms with van der Waals surface area (Å²) in [5, 5.41) is 3.61. The third kappa shape index (κ3) is 2.01. The largest absolute Gasteiger partial charge is 0.487 e. The van der Waals surface area contributed by atoms with Crippen LogP contribution in [0.4, 0.5) is 0 Å². The van der Waals surface area contributed by atoms with Gasteiger partial charge >= 0.3 is 0 Å². The van der Waals surface area contributed by atoms with Gasteiger partial charge in [-0.25, -0.2) is 0 Å². The van der Waals surface area contributed by atoms with Gasteiger partial charge in [-0.15, -0.1) is 0 Å². The second-order valence-corrected chi connectivity index (χ2v) is 4.15. The van der Waals surface area contributed by atoms with E-state index < -0.39 is 0 Å². The lowest BCUT2D eigenvalue weighted by Gasteiger charge is -2.08. The fraction of sp³-hybridized carbons (Fsp3) is 0.182. The lowest BCUT2D eigenvalue weighted by Crippen LogP contribution is -2.13. The van der Waals surface area contributed by atoms with Gasteiger partial charge in [0.1, 0.15) is 12.4 Å². The number of halogens is 2. The third-order valence-corrected chi connectivity index (χ3v) is 3.02. The highest BCUT2D eigenvalue weighted by Crippen LogP contribution is 2.32. The molecule has 0 aromatic heterocycles. The van der Waals surface area contributed by atoms with Crippen LogP contribution in [0.2, 0.25) is 10.0 Å². The van der Waals surface area contributed by atoms with Gasteiger partial charge in [-0.3, -0.25) is 4.79 Å². The summed E-state index contributed by atoms with van der Waals surface area (Å²) in [5.41, 5.74) is 1.15. The van der Waals surface area contributed by atoms with Crippen LogP contribution in [0.15, 0.2) is 23.9 Å². The van der Waals surface area contributed by atoms with Crippen LogP contribution in [0, 0.1) is 0 Å². The van der Waals surface area contributed by atoms with E-state index in [0.717, 1.165) is 0 Å². The number of fused-ring (bicyclic) bond motifs is 1. The van der Waals surface area contributed by atoms with Crippen molar-refractivity contribution >= 4 is 29.0 Å². The zero-order valence-corrected chi connectivity index (χ0v) is 10.0. The zero-order chi connectivity index (χ0) is 11.7. The normalized spacial score (nSPS) is 14.7. The molecule has 2 rings (SSSR count). The van der Waals surface area contributed by atoms with Crippen molar-refractivity contribution in [2.45, 2.75) is 0 Å². The predicted octanol–water partition coefficient (Wildman–Crippen LogP) is 2.67. The molecule has 16 heavy (non-hydrogen) atoms. The van der Waals surface area contributed by atoms with Crippen LogP contribution in [-0.4, -0.2) is 19.4 Å². The van der Waals surface area contributed by atoms with Crippen molar-refractivity contribution in [3.05, 3.63) is 39.5 Å². The van der Waals surface area contributed by atoms with Gasteiger partial charge in [0.25, 0.3) is 0 Å². The third-order valence-electron chi connectivity index (χ3n) is 2.30. The fourth-order valence-corrected chi connectivity index (χ4v) is 1.74. The maximum Gasteiger partial charge on any atom is 0.191 e. The first kappa shape index (κ1) is 11.3. The molecule has 0 radical (unpaired) electrons. The van der Waals surface area contributed by atoms with E-state index in [4.69, 9.17) is 27.9 Å². The Morgan fingerprint density at radius 1 is 1.31 bits per heavy atom. The molecule has 0 amide bonds. The topological polar surface area (TPSA) is 38.3 Å². The molecule has 1 heterocycles. The quantitative estimate of drug-likeness (QED) is 0.841. The van der Waals surface area contributed by atoms with Gasteiger partial charge in [0, 0.05) is 19.2 Å². The number of hydrogen-bond acceptors (Lipinski definition) is 3. The first-order valence-corrected chi connectivity index (χ1v) is 5.42. The van der Waals surface area contributed by atoms with Crippen molar-refractivity contribution in [1.82, 2.24) is 5.32 Å². The standard InChI is InChI=1S/C11H9Cl2NO2/c1-14-6-2-10(15)7-3-8(12)9(13)4-11(7)16-5-6/h2-4,14H,5H2,1H3. The van der Waals surface area contributed by atoms with E-state index in [-0.39, 0.29) is 5.78 Å². The van der Waals surface area contributed by atoms with Gasteiger partial charge in [0.15, 0.2) is 5.78 Å². The van der Waals surface area contributed by atoms with E-state index in [1.807, 2.05) is 0 Å². The van der Waals surface area contributed by atoms with Crippen molar-refractivity contribution in [1.29, 1.82) is 0 Å². The molecule has 1 aromatic rings. The molecule has 3 nitrogen and oxygen atoms in total. The minimum absolute atomic E-state index is 0.143. The van der Waals surface area contributed by atoms with Crippen molar-refractivity contribution < 1.29 is 9.53 Å². The van der Waals surface area contributed by atoms with Gasteiger partial charge in [0.05, 0.1) is 21.3 Å². The van der Waals surface area contributed by atoms with Gasteiger partial charge in [-0.1, -0.05) is 23.2 Å². The van der Waals surface area contributed by atoms with E-state index in [1.165, 1.54) is 12.1 Å². The van der Waals surface area contributed by atoms with Crippen LogP contribution in [0.3, 0.4) is 0 Å². The molecule has 0 saturated carbocycles. The van der Waals surface area contributed by atoms with Crippen LogP contribution in [0.1, 0.15) is 10.4 Å². The number of ketones is 1. The number of hydrogen-bond donors (Lipinski definition) is 1. The van der Waals surface area contributed by atoms with E-state index in [0.29, 0.717) is 33.7 Å². The minimum Gasteiger partial charge on any atom is -0.487 e. The van der Waals surface area contributed by atoms with E-state index >= 15 is 0 Å². The lowest BCUT2D eigenvalue weighted by molar-refractivity contribution is 0.104. The fourth-order valence-electron chi connectivity index (χ4n) is 1.42. The highest BCUT2D eigenvalue weighted by atomic mass is 35.5. The Morgan fingerprint density at radius 3 is 2.69 bits per heavy atom. The Morgan fingerprint density at radius 2 is 2.00 bits per heavy atom. The van der Waals surface area contributed by atoms with E-state index in [1.54, 1.807) is 13.1 Å². The lowest BCUT2D eigenvalue weighted by atomic mass is 10.1. The molecule has 0 saturated heterocycles. The smallest absolute Gasteiger partial charge is 0.191 e. The maximum absolute atomic E-state index is 11.8. The van der Waals surface area contributed by atoms with Gasteiger partial charge < -0.3 is 10.1 Å². The molecule has 1 aromatic carbocycles. The summed E-state index contributed by atoms with van der Waals surface area (Å²) in [4.78, 5) is 11.8. The monoisotopic (exact) mass is 257 g/mol. The molecule has 0 unspecified atom stereocenters. The Kier molecular flexibility index (Phi) is 3.08. The minimum atomic E-state index is -0.143. The Bertz CT molecular complexity index is 483. The highest BCUT2D eigenvalue weighted by Gasteiger charge is 2.18. The Hall–Kier alpha value is -1.19. The average Bonchev–Trinajstić information content (AvgIpc) is 2.41. The summed E-state index contributed by atoms with van der Waals surface area (Å²) in [5.74, 6) is 0.316. The van der Waals surface area contributed by atoms with E-state index in [9.17, 15) is 4.79 Å². The molecular formula is C11H9Cl2NO2.